The fraction of sp³-hybridized carbons (Fsp3) is 0.143. The van der Waals surface area contributed by atoms with Crippen molar-refractivity contribution in [2.75, 3.05) is 7.11 Å². The van der Waals surface area contributed by atoms with E-state index in [-0.39, 0.29) is 15.2 Å². The fourth-order valence-corrected chi connectivity index (χ4v) is 6.77. The fourth-order valence-electron chi connectivity index (χ4n) is 5.51. The van der Waals surface area contributed by atoms with Crippen LogP contribution in [0, 0.1) is 6.92 Å². The molecule has 48 heavy (non-hydrogen) atoms. The van der Waals surface area contributed by atoms with E-state index in [1.165, 1.54) is 22.3 Å². The Morgan fingerprint density at radius 1 is 0.479 bits per heavy atom. The number of hydrogen-bond acceptors (Lipinski definition) is 5. The predicted octanol–water partition coefficient (Wildman–Crippen LogP) is 10.3. The lowest BCUT2D eigenvalue weighted by atomic mass is 9.78. The summed E-state index contributed by atoms with van der Waals surface area (Å²) in [5, 5.41) is 0. The monoisotopic (exact) mass is 654 g/mol. The zero-order valence-electron chi connectivity index (χ0n) is 27.5. The highest BCUT2D eigenvalue weighted by molar-refractivity contribution is 7.91. The van der Waals surface area contributed by atoms with Crippen molar-refractivity contribution < 1.29 is 22.6 Å². The van der Waals surface area contributed by atoms with E-state index in [0.29, 0.717) is 23.0 Å². The predicted molar refractivity (Wildman–Crippen MR) is 190 cm³/mol. The number of rotatable bonds is 11. The van der Waals surface area contributed by atoms with E-state index in [1.807, 2.05) is 60.7 Å². The largest absolute Gasteiger partial charge is 0.497 e. The molecule has 0 spiro atoms. The third-order valence-corrected chi connectivity index (χ3v) is 10.4. The summed E-state index contributed by atoms with van der Waals surface area (Å²) in [5.41, 5.74) is 5.79. The molecule has 0 atom stereocenters. The van der Waals surface area contributed by atoms with Crippen LogP contribution in [0.4, 0.5) is 0 Å². The normalized spacial score (nSPS) is 11.6. The Morgan fingerprint density at radius 2 is 0.812 bits per heavy atom. The maximum Gasteiger partial charge on any atom is 0.206 e. The summed E-state index contributed by atoms with van der Waals surface area (Å²) >= 11 is 0. The van der Waals surface area contributed by atoms with Gasteiger partial charge in [-0.1, -0.05) is 80.1 Å². The van der Waals surface area contributed by atoms with Gasteiger partial charge in [0, 0.05) is 5.41 Å². The first kappa shape index (κ1) is 32.6. The molecule has 6 rings (SSSR count). The van der Waals surface area contributed by atoms with Crippen molar-refractivity contribution in [3.8, 4) is 28.7 Å². The summed E-state index contributed by atoms with van der Waals surface area (Å²) in [6.45, 7) is 6.44. The minimum atomic E-state index is -3.73. The van der Waals surface area contributed by atoms with Crippen LogP contribution in [-0.2, 0) is 21.7 Å². The molecule has 0 saturated carbocycles. The first-order valence-electron chi connectivity index (χ1n) is 15.8. The molecule has 0 radical (unpaired) electrons. The van der Waals surface area contributed by atoms with Gasteiger partial charge in [-0.3, -0.25) is 0 Å². The minimum Gasteiger partial charge on any atom is -0.497 e. The maximum absolute atomic E-state index is 13.4. The van der Waals surface area contributed by atoms with Gasteiger partial charge in [0.05, 0.1) is 16.9 Å². The molecule has 0 aliphatic heterocycles. The number of sulfone groups is 1. The summed E-state index contributed by atoms with van der Waals surface area (Å²) < 4.78 is 44.1. The van der Waals surface area contributed by atoms with Crippen LogP contribution < -0.4 is 14.2 Å². The molecule has 0 aliphatic rings. The van der Waals surface area contributed by atoms with Gasteiger partial charge in [0.2, 0.25) is 9.84 Å². The molecule has 0 unspecified atom stereocenters. The molecule has 0 heterocycles. The van der Waals surface area contributed by atoms with Crippen molar-refractivity contribution in [2.45, 2.75) is 42.4 Å². The molecular weight excluding hydrogens is 617 g/mol. The number of benzene rings is 6. The number of ether oxygens (including phenoxy) is 3. The smallest absolute Gasteiger partial charge is 0.206 e. The molecule has 0 fully saturated rings. The van der Waals surface area contributed by atoms with Crippen LogP contribution in [0.1, 0.15) is 41.7 Å². The first-order chi connectivity index (χ1) is 23.1. The topological polar surface area (TPSA) is 61.8 Å². The second-order valence-corrected chi connectivity index (χ2v) is 14.3. The van der Waals surface area contributed by atoms with Crippen molar-refractivity contribution in [1.82, 2.24) is 0 Å². The van der Waals surface area contributed by atoms with E-state index < -0.39 is 9.84 Å². The van der Waals surface area contributed by atoms with Crippen molar-refractivity contribution in [3.63, 3.8) is 0 Å². The number of hydrogen-bond donors (Lipinski definition) is 0. The molecule has 0 amide bonds. The van der Waals surface area contributed by atoms with E-state index in [0.717, 1.165) is 17.7 Å². The van der Waals surface area contributed by atoms with Gasteiger partial charge in [0.1, 0.15) is 28.7 Å². The van der Waals surface area contributed by atoms with Crippen LogP contribution in [0.5, 0.6) is 28.7 Å². The van der Waals surface area contributed by atoms with Crippen molar-refractivity contribution >= 4 is 9.84 Å². The summed E-state index contributed by atoms with van der Waals surface area (Å²) in [7, 11) is -2.07. The molecule has 0 aliphatic carbocycles. The molecule has 5 nitrogen and oxygen atoms in total. The molecule has 0 saturated heterocycles. The highest BCUT2D eigenvalue weighted by Gasteiger charge is 2.23. The van der Waals surface area contributed by atoms with Gasteiger partial charge in [0.25, 0.3) is 0 Å². The highest BCUT2D eigenvalue weighted by atomic mass is 32.2. The summed E-state index contributed by atoms with van der Waals surface area (Å²) in [5.74, 6) is 3.28. The highest BCUT2D eigenvalue weighted by Crippen LogP contribution is 2.34. The molecule has 6 aromatic carbocycles. The Morgan fingerprint density at radius 3 is 1.21 bits per heavy atom. The van der Waals surface area contributed by atoms with Crippen LogP contribution in [-0.4, -0.2) is 15.5 Å². The molecule has 0 bridgehead atoms. The van der Waals surface area contributed by atoms with Crippen molar-refractivity contribution in [3.05, 3.63) is 173 Å². The zero-order valence-corrected chi connectivity index (χ0v) is 28.3. The van der Waals surface area contributed by atoms with Gasteiger partial charge in [-0.05, 0) is 121 Å². The third kappa shape index (κ3) is 7.45. The summed E-state index contributed by atoms with van der Waals surface area (Å²) in [6, 6.07) is 45.4. The van der Waals surface area contributed by atoms with Crippen molar-refractivity contribution in [1.29, 1.82) is 0 Å². The molecule has 0 aromatic heterocycles. The second kappa shape index (κ2) is 13.8. The molecule has 6 heteroatoms. The van der Waals surface area contributed by atoms with E-state index >= 15 is 0 Å². The summed E-state index contributed by atoms with van der Waals surface area (Å²) in [6.07, 6.45) is 0.845. The van der Waals surface area contributed by atoms with Gasteiger partial charge in [-0.15, -0.1) is 0 Å². The first-order valence-corrected chi connectivity index (χ1v) is 17.3. The Hall–Kier alpha value is -5.33. The van der Waals surface area contributed by atoms with Crippen LogP contribution in [0.3, 0.4) is 0 Å². The Bertz CT molecular complexity index is 2060. The quantitative estimate of drug-likeness (QED) is 0.139. The van der Waals surface area contributed by atoms with Gasteiger partial charge < -0.3 is 14.2 Å². The van der Waals surface area contributed by atoms with Crippen LogP contribution in [0.25, 0.3) is 0 Å². The van der Waals surface area contributed by atoms with E-state index in [4.69, 9.17) is 14.2 Å². The molecule has 0 N–H and O–H groups in total. The lowest BCUT2D eigenvalue weighted by molar-refractivity contribution is 0.414. The Balaban J connectivity index is 1.06. The number of methoxy groups -OCH3 is 1. The van der Waals surface area contributed by atoms with Gasteiger partial charge in [-0.25, -0.2) is 8.42 Å². The average Bonchev–Trinajstić information content (AvgIpc) is 3.11. The van der Waals surface area contributed by atoms with Crippen LogP contribution >= 0.6 is 0 Å². The minimum absolute atomic E-state index is 0.185. The second-order valence-electron chi connectivity index (χ2n) is 12.3. The Kier molecular flexibility index (Phi) is 9.37. The molecular formula is C42H38O5S. The lowest BCUT2D eigenvalue weighted by Gasteiger charge is -2.26. The van der Waals surface area contributed by atoms with E-state index in [2.05, 4.69) is 57.2 Å². The third-order valence-electron chi connectivity index (χ3n) is 8.58. The SMILES string of the molecule is COc1ccc(C(C)(C)c2ccc(Oc3ccc(S(=O)(=O)c4ccc(Oc5ccc(Cc6ccc(C)cc6)cc5)cc4)cc3)cc2)cc1. The molecule has 242 valence electrons. The Labute approximate surface area is 283 Å². The van der Waals surface area contributed by atoms with Gasteiger partial charge in [-0.2, -0.15) is 0 Å². The summed E-state index contributed by atoms with van der Waals surface area (Å²) in [4.78, 5) is 0.372. The van der Waals surface area contributed by atoms with Gasteiger partial charge >= 0.3 is 0 Å². The molecule has 6 aromatic rings. The average molecular weight is 655 g/mol. The number of aryl methyl sites for hydroxylation is 1. The van der Waals surface area contributed by atoms with Crippen LogP contribution in [0.2, 0.25) is 0 Å². The van der Waals surface area contributed by atoms with Gasteiger partial charge in [0.15, 0.2) is 0 Å². The van der Waals surface area contributed by atoms with Crippen molar-refractivity contribution in [2.24, 2.45) is 0 Å². The van der Waals surface area contributed by atoms with E-state index in [9.17, 15) is 8.42 Å². The lowest BCUT2D eigenvalue weighted by Crippen LogP contribution is -2.18. The van der Waals surface area contributed by atoms with E-state index in [1.54, 1.807) is 55.6 Å². The zero-order chi connectivity index (χ0) is 33.7. The van der Waals surface area contributed by atoms with Crippen LogP contribution in [0.15, 0.2) is 155 Å². The maximum atomic E-state index is 13.4. The standard InChI is InChI=1S/C42H38O5S/c1-30-5-7-31(8-6-30)29-32-9-15-36(16-10-32)46-38-21-25-40(26-22-38)48(43,44)41-27-23-39(24-28-41)47-37-19-13-34(14-20-37)42(2,3)33-11-17-35(45-4)18-12-33/h5-28H,29H2,1-4H3.